The highest BCUT2D eigenvalue weighted by Gasteiger charge is 2.29. The lowest BCUT2D eigenvalue weighted by Gasteiger charge is -2.32. The van der Waals surface area contributed by atoms with Gasteiger partial charge < -0.3 is 15.7 Å². The predicted molar refractivity (Wildman–Crippen MR) is 68.8 cm³/mol. The average molecular weight is 242 g/mol. The molecule has 100 valence electrons. The lowest BCUT2D eigenvalue weighted by Crippen LogP contribution is -2.46. The Balaban J connectivity index is 2.26. The topological polar surface area (TPSA) is 61.4 Å². The zero-order valence-corrected chi connectivity index (χ0v) is 11.1. The third kappa shape index (κ3) is 5.04. The number of carbonyl (C=O) groups is 1. The van der Waals surface area contributed by atoms with Gasteiger partial charge in [-0.3, -0.25) is 4.79 Å². The largest absolute Gasteiger partial charge is 0.388 e. The van der Waals surface area contributed by atoms with Gasteiger partial charge in [0.2, 0.25) is 5.91 Å². The smallest absolute Gasteiger partial charge is 0.224 e. The maximum atomic E-state index is 11.8. The lowest BCUT2D eigenvalue weighted by atomic mass is 9.85. The fraction of sp³-hybridized carbons (Fsp3) is 0.923. The Bertz CT molecular complexity index is 238. The van der Waals surface area contributed by atoms with Gasteiger partial charge >= 0.3 is 0 Å². The fourth-order valence-electron chi connectivity index (χ4n) is 2.27. The number of amides is 1. The zero-order chi connectivity index (χ0) is 12.7. The second kappa shape index (κ2) is 6.97. The molecule has 1 rings (SSSR count). The number of carbonyl (C=O) groups excluding carboxylic acids is 1. The molecule has 0 aromatic rings. The molecule has 1 unspecified atom stereocenters. The van der Waals surface area contributed by atoms with Gasteiger partial charge in [-0.05, 0) is 19.4 Å². The second-order valence-corrected chi connectivity index (χ2v) is 5.21. The van der Waals surface area contributed by atoms with Gasteiger partial charge in [-0.2, -0.15) is 0 Å². The molecule has 1 saturated carbocycles. The minimum absolute atomic E-state index is 0.0324. The Morgan fingerprint density at radius 3 is 2.59 bits per heavy atom. The van der Waals surface area contributed by atoms with Crippen LogP contribution in [-0.2, 0) is 4.79 Å². The maximum Gasteiger partial charge on any atom is 0.224 e. The molecular weight excluding hydrogens is 216 g/mol. The van der Waals surface area contributed by atoms with Crippen LogP contribution in [-0.4, -0.2) is 36.2 Å². The van der Waals surface area contributed by atoms with E-state index in [0.29, 0.717) is 13.1 Å². The Labute approximate surface area is 104 Å². The van der Waals surface area contributed by atoms with Crippen LogP contribution >= 0.6 is 0 Å². The van der Waals surface area contributed by atoms with Crippen molar-refractivity contribution >= 4 is 5.91 Å². The molecule has 3 N–H and O–H groups in total. The third-order valence-electron chi connectivity index (χ3n) is 3.52. The summed E-state index contributed by atoms with van der Waals surface area (Å²) in [6.45, 7) is 5.91. The maximum absolute atomic E-state index is 11.8. The van der Waals surface area contributed by atoms with Crippen molar-refractivity contribution in [1.82, 2.24) is 10.6 Å². The molecule has 0 heterocycles. The Morgan fingerprint density at radius 2 is 2.00 bits per heavy atom. The van der Waals surface area contributed by atoms with Gasteiger partial charge in [0, 0.05) is 19.0 Å². The summed E-state index contributed by atoms with van der Waals surface area (Å²) in [5, 5.41) is 16.3. The highest BCUT2D eigenvalue weighted by Crippen LogP contribution is 2.27. The van der Waals surface area contributed by atoms with Crippen LogP contribution < -0.4 is 10.6 Å². The van der Waals surface area contributed by atoms with Crippen molar-refractivity contribution in [2.75, 3.05) is 19.6 Å². The van der Waals surface area contributed by atoms with Crippen LogP contribution in [0.25, 0.3) is 0 Å². The summed E-state index contributed by atoms with van der Waals surface area (Å²) in [7, 11) is 0. The molecule has 4 heteroatoms. The SMILES string of the molecule is CCNCC(C)C(=O)NCC1(O)CCCCC1. The van der Waals surface area contributed by atoms with Crippen LogP contribution in [0, 0.1) is 5.92 Å². The third-order valence-corrected chi connectivity index (χ3v) is 3.52. The molecule has 0 radical (unpaired) electrons. The summed E-state index contributed by atoms with van der Waals surface area (Å²) in [6.07, 6.45) is 4.97. The molecule has 0 aromatic carbocycles. The summed E-state index contributed by atoms with van der Waals surface area (Å²) in [5.41, 5.74) is -0.661. The van der Waals surface area contributed by atoms with E-state index in [0.717, 1.165) is 32.2 Å². The summed E-state index contributed by atoms with van der Waals surface area (Å²) < 4.78 is 0. The van der Waals surface area contributed by atoms with Crippen molar-refractivity contribution in [2.24, 2.45) is 5.92 Å². The number of nitrogens with one attached hydrogen (secondary N) is 2. The first-order valence-electron chi connectivity index (χ1n) is 6.78. The van der Waals surface area contributed by atoms with Crippen molar-refractivity contribution in [2.45, 2.75) is 51.6 Å². The van der Waals surface area contributed by atoms with Crippen LogP contribution in [0.1, 0.15) is 46.0 Å². The van der Waals surface area contributed by atoms with Crippen molar-refractivity contribution in [1.29, 1.82) is 0 Å². The number of hydrogen-bond donors (Lipinski definition) is 3. The highest BCUT2D eigenvalue weighted by atomic mass is 16.3. The number of rotatable bonds is 6. The van der Waals surface area contributed by atoms with Crippen LogP contribution in [0.3, 0.4) is 0 Å². The van der Waals surface area contributed by atoms with Crippen LogP contribution in [0.5, 0.6) is 0 Å². The molecule has 1 amide bonds. The number of aliphatic hydroxyl groups is 1. The summed E-state index contributed by atoms with van der Waals surface area (Å²) in [4.78, 5) is 11.8. The van der Waals surface area contributed by atoms with E-state index >= 15 is 0 Å². The van der Waals surface area contributed by atoms with Crippen molar-refractivity contribution < 1.29 is 9.90 Å². The quantitative estimate of drug-likeness (QED) is 0.652. The van der Waals surface area contributed by atoms with E-state index in [1.54, 1.807) is 0 Å². The standard InChI is InChI=1S/C13H26N2O2/c1-3-14-9-11(2)12(16)15-10-13(17)7-5-4-6-8-13/h11,14,17H,3-10H2,1-2H3,(H,15,16). The molecular formula is C13H26N2O2. The van der Waals surface area contributed by atoms with Gasteiger partial charge in [0.25, 0.3) is 0 Å². The van der Waals surface area contributed by atoms with Gasteiger partial charge in [-0.1, -0.05) is 33.1 Å². The van der Waals surface area contributed by atoms with E-state index in [1.165, 1.54) is 6.42 Å². The molecule has 17 heavy (non-hydrogen) atoms. The molecule has 0 spiro atoms. The van der Waals surface area contributed by atoms with Crippen LogP contribution in [0.2, 0.25) is 0 Å². The number of hydrogen-bond acceptors (Lipinski definition) is 3. The van der Waals surface area contributed by atoms with Gasteiger partial charge in [0.1, 0.15) is 0 Å². The molecule has 1 atom stereocenters. The molecule has 0 bridgehead atoms. The molecule has 1 aliphatic rings. The minimum atomic E-state index is -0.661. The van der Waals surface area contributed by atoms with E-state index in [4.69, 9.17) is 0 Å². The van der Waals surface area contributed by atoms with Crippen molar-refractivity contribution in [3.05, 3.63) is 0 Å². The van der Waals surface area contributed by atoms with Gasteiger partial charge in [-0.15, -0.1) is 0 Å². The fourth-order valence-corrected chi connectivity index (χ4v) is 2.27. The Hall–Kier alpha value is -0.610. The summed E-state index contributed by atoms with van der Waals surface area (Å²) in [5.74, 6) is -0.00732. The monoisotopic (exact) mass is 242 g/mol. The predicted octanol–water partition coefficient (Wildman–Crippen LogP) is 1.04. The van der Waals surface area contributed by atoms with Crippen LogP contribution in [0.4, 0.5) is 0 Å². The van der Waals surface area contributed by atoms with Gasteiger partial charge in [0.15, 0.2) is 0 Å². The summed E-state index contributed by atoms with van der Waals surface area (Å²) >= 11 is 0. The average Bonchev–Trinajstić information content (AvgIpc) is 2.34. The van der Waals surface area contributed by atoms with E-state index in [1.807, 2.05) is 13.8 Å². The molecule has 1 fully saturated rings. The van der Waals surface area contributed by atoms with Gasteiger partial charge in [-0.25, -0.2) is 0 Å². The lowest BCUT2D eigenvalue weighted by molar-refractivity contribution is -0.126. The van der Waals surface area contributed by atoms with Gasteiger partial charge in [0.05, 0.1) is 5.60 Å². The Morgan fingerprint density at radius 1 is 1.35 bits per heavy atom. The highest BCUT2D eigenvalue weighted by molar-refractivity contribution is 5.78. The molecule has 0 aliphatic heterocycles. The second-order valence-electron chi connectivity index (χ2n) is 5.21. The van der Waals surface area contributed by atoms with E-state index in [9.17, 15) is 9.90 Å². The first-order chi connectivity index (χ1) is 8.07. The molecule has 4 nitrogen and oxygen atoms in total. The molecule has 0 aromatic heterocycles. The van der Waals surface area contributed by atoms with Crippen LogP contribution in [0.15, 0.2) is 0 Å². The Kier molecular flexibility index (Phi) is 5.92. The summed E-state index contributed by atoms with van der Waals surface area (Å²) in [6, 6.07) is 0. The zero-order valence-electron chi connectivity index (χ0n) is 11.1. The van der Waals surface area contributed by atoms with Crippen molar-refractivity contribution in [3.63, 3.8) is 0 Å². The van der Waals surface area contributed by atoms with E-state index in [2.05, 4.69) is 10.6 Å². The van der Waals surface area contributed by atoms with Crippen molar-refractivity contribution in [3.8, 4) is 0 Å². The van der Waals surface area contributed by atoms with E-state index < -0.39 is 5.60 Å². The normalized spacial score (nSPS) is 20.9. The first-order valence-corrected chi connectivity index (χ1v) is 6.78. The first kappa shape index (κ1) is 14.5. The molecule has 1 aliphatic carbocycles. The minimum Gasteiger partial charge on any atom is -0.388 e. The molecule has 0 saturated heterocycles. The van der Waals surface area contributed by atoms with E-state index in [-0.39, 0.29) is 11.8 Å².